The molecule has 25 heavy (non-hydrogen) atoms. The number of aryl methyl sites for hydroxylation is 1. The number of hydrogen-bond donors (Lipinski definition) is 2. The van der Waals surface area contributed by atoms with Crippen molar-refractivity contribution in [1.29, 1.82) is 0 Å². The van der Waals surface area contributed by atoms with Gasteiger partial charge in [0.2, 0.25) is 0 Å². The van der Waals surface area contributed by atoms with Crippen LogP contribution >= 0.6 is 0 Å². The minimum absolute atomic E-state index is 0.0241. The average Bonchev–Trinajstić information content (AvgIpc) is 2.62. The molecule has 1 aliphatic heterocycles. The summed E-state index contributed by atoms with van der Waals surface area (Å²) in [5.74, 6) is -1.64. The number of carbonyl (C=O) groups excluding carboxylic acids is 1. The van der Waals surface area contributed by atoms with Crippen LogP contribution in [0.3, 0.4) is 0 Å². The van der Waals surface area contributed by atoms with Crippen molar-refractivity contribution < 1.29 is 19.8 Å². The van der Waals surface area contributed by atoms with Gasteiger partial charge in [0.05, 0.1) is 11.1 Å². The SMILES string of the molecule is CCc1cc(C(=O)c2ccccc2C(=O)O)c(O)c2c1N(C)CCC2. The van der Waals surface area contributed by atoms with E-state index in [1.165, 1.54) is 12.1 Å². The van der Waals surface area contributed by atoms with Crippen LogP contribution in [0.4, 0.5) is 5.69 Å². The van der Waals surface area contributed by atoms with Gasteiger partial charge in [0.25, 0.3) is 0 Å². The average molecular weight is 339 g/mol. The lowest BCUT2D eigenvalue weighted by Gasteiger charge is -2.31. The maximum atomic E-state index is 13.0. The maximum Gasteiger partial charge on any atom is 0.336 e. The number of carboxylic acids is 1. The Kier molecular flexibility index (Phi) is 4.49. The summed E-state index contributed by atoms with van der Waals surface area (Å²) < 4.78 is 0. The third-order valence-electron chi connectivity index (χ3n) is 4.78. The largest absolute Gasteiger partial charge is 0.507 e. The lowest BCUT2D eigenvalue weighted by molar-refractivity contribution is 0.0692. The molecule has 1 aliphatic rings. The van der Waals surface area contributed by atoms with E-state index in [9.17, 15) is 19.8 Å². The highest BCUT2D eigenvalue weighted by atomic mass is 16.4. The van der Waals surface area contributed by atoms with Crippen molar-refractivity contribution in [3.05, 3.63) is 58.1 Å². The predicted molar refractivity (Wildman–Crippen MR) is 95.9 cm³/mol. The van der Waals surface area contributed by atoms with Crippen LogP contribution in [-0.4, -0.2) is 35.6 Å². The topological polar surface area (TPSA) is 77.8 Å². The number of phenols is 1. The molecule has 0 amide bonds. The lowest BCUT2D eigenvalue weighted by Crippen LogP contribution is -2.26. The van der Waals surface area contributed by atoms with E-state index in [4.69, 9.17) is 0 Å². The van der Waals surface area contributed by atoms with Gasteiger partial charge in [-0.25, -0.2) is 4.79 Å². The van der Waals surface area contributed by atoms with E-state index in [1.54, 1.807) is 18.2 Å². The van der Waals surface area contributed by atoms with E-state index in [0.717, 1.165) is 36.2 Å². The molecule has 0 spiro atoms. The van der Waals surface area contributed by atoms with Crippen LogP contribution in [0.25, 0.3) is 0 Å². The first-order chi connectivity index (χ1) is 12.0. The van der Waals surface area contributed by atoms with Crippen molar-refractivity contribution >= 4 is 17.4 Å². The fourth-order valence-corrected chi connectivity index (χ4v) is 3.55. The van der Waals surface area contributed by atoms with E-state index in [1.807, 2.05) is 14.0 Å². The molecule has 0 bridgehead atoms. The first kappa shape index (κ1) is 17.0. The Labute approximate surface area is 146 Å². The number of rotatable bonds is 4. The smallest absolute Gasteiger partial charge is 0.336 e. The number of phenolic OH excluding ortho intramolecular Hbond substituents is 1. The standard InChI is InChI=1S/C20H21NO4/c1-3-12-11-16(19(23)15-9-6-10-21(2)17(12)15)18(22)13-7-4-5-8-14(13)20(24)25/h4-5,7-8,11,23H,3,6,9-10H2,1-2H3,(H,24,25). The van der Waals surface area contributed by atoms with Crippen LogP contribution < -0.4 is 4.90 Å². The highest BCUT2D eigenvalue weighted by molar-refractivity contribution is 6.16. The van der Waals surface area contributed by atoms with Gasteiger partial charge in [-0.15, -0.1) is 0 Å². The minimum atomic E-state index is -1.16. The van der Waals surface area contributed by atoms with Crippen molar-refractivity contribution in [2.24, 2.45) is 0 Å². The lowest BCUT2D eigenvalue weighted by atomic mass is 9.89. The van der Waals surface area contributed by atoms with Crippen LogP contribution in [0, 0.1) is 0 Å². The Balaban J connectivity index is 2.19. The summed E-state index contributed by atoms with van der Waals surface area (Å²) in [6.45, 7) is 2.92. The van der Waals surface area contributed by atoms with Crippen LogP contribution in [0.2, 0.25) is 0 Å². The van der Waals surface area contributed by atoms with Crippen molar-refractivity contribution in [2.75, 3.05) is 18.5 Å². The number of aromatic carboxylic acids is 1. The highest BCUT2D eigenvalue weighted by Crippen LogP contribution is 2.40. The second-order valence-electron chi connectivity index (χ2n) is 6.32. The maximum absolute atomic E-state index is 13.0. The number of hydrogen-bond acceptors (Lipinski definition) is 4. The number of ketones is 1. The van der Waals surface area contributed by atoms with Gasteiger partial charge in [-0.2, -0.15) is 0 Å². The number of fused-ring (bicyclic) bond motifs is 1. The van der Waals surface area contributed by atoms with Gasteiger partial charge in [-0.1, -0.05) is 25.1 Å². The molecular weight excluding hydrogens is 318 g/mol. The number of anilines is 1. The molecule has 2 aromatic carbocycles. The van der Waals surface area contributed by atoms with Crippen molar-refractivity contribution in [3.8, 4) is 5.75 Å². The third-order valence-corrected chi connectivity index (χ3v) is 4.78. The fourth-order valence-electron chi connectivity index (χ4n) is 3.55. The molecule has 0 fully saturated rings. The number of carboxylic acid groups (broad SMARTS) is 1. The molecule has 0 aromatic heterocycles. The van der Waals surface area contributed by atoms with Gasteiger partial charge in [0.1, 0.15) is 5.75 Å². The van der Waals surface area contributed by atoms with Gasteiger partial charge < -0.3 is 15.1 Å². The zero-order valence-electron chi connectivity index (χ0n) is 14.4. The second kappa shape index (κ2) is 6.59. The van der Waals surface area contributed by atoms with Gasteiger partial charge in [-0.3, -0.25) is 4.79 Å². The Morgan fingerprint density at radius 2 is 1.84 bits per heavy atom. The molecule has 5 heteroatoms. The number of benzene rings is 2. The quantitative estimate of drug-likeness (QED) is 0.836. The summed E-state index contributed by atoms with van der Waals surface area (Å²) in [5, 5.41) is 20.1. The molecule has 0 saturated carbocycles. The van der Waals surface area contributed by atoms with Crippen molar-refractivity contribution in [2.45, 2.75) is 26.2 Å². The van der Waals surface area contributed by atoms with E-state index >= 15 is 0 Å². The molecule has 0 aliphatic carbocycles. The van der Waals surface area contributed by atoms with Gasteiger partial charge in [0, 0.05) is 30.4 Å². The Bertz CT molecular complexity index is 857. The Hall–Kier alpha value is -2.82. The van der Waals surface area contributed by atoms with Crippen LogP contribution in [0.15, 0.2) is 30.3 Å². The Morgan fingerprint density at radius 3 is 2.48 bits per heavy atom. The highest BCUT2D eigenvalue weighted by Gasteiger charge is 2.27. The summed E-state index contributed by atoms with van der Waals surface area (Å²) in [6, 6.07) is 7.81. The van der Waals surface area contributed by atoms with Crippen LogP contribution in [-0.2, 0) is 12.8 Å². The van der Waals surface area contributed by atoms with Crippen LogP contribution in [0.5, 0.6) is 5.75 Å². The molecule has 0 radical (unpaired) electrons. The van der Waals surface area contributed by atoms with Gasteiger partial charge in [0.15, 0.2) is 5.78 Å². The minimum Gasteiger partial charge on any atom is -0.507 e. The summed E-state index contributed by atoms with van der Waals surface area (Å²) in [6.07, 6.45) is 2.34. The monoisotopic (exact) mass is 339 g/mol. The van der Waals surface area contributed by atoms with E-state index in [-0.39, 0.29) is 22.4 Å². The second-order valence-corrected chi connectivity index (χ2v) is 6.32. The van der Waals surface area contributed by atoms with E-state index in [2.05, 4.69) is 4.90 Å². The summed E-state index contributed by atoms with van der Waals surface area (Å²) in [4.78, 5) is 26.5. The predicted octanol–water partition coefficient (Wildman–Crippen LogP) is 3.27. The number of nitrogens with zero attached hydrogens (tertiary/aromatic N) is 1. The van der Waals surface area contributed by atoms with Gasteiger partial charge in [-0.05, 0) is 37.0 Å². The molecule has 3 rings (SSSR count). The molecule has 0 saturated heterocycles. The summed E-state index contributed by atoms with van der Waals surface area (Å²) >= 11 is 0. The molecule has 2 aromatic rings. The van der Waals surface area contributed by atoms with E-state index < -0.39 is 11.8 Å². The molecule has 2 N–H and O–H groups in total. The molecule has 5 nitrogen and oxygen atoms in total. The Morgan fingerprint density at radius 1 is 1.16 bits per heavy atom. The third kappa shape index (κ3) is 2.86. The molecule has 0 unspecified atom stereocenters. The zero-order valence-corrected chi connectivity index (χ0v) is 14.4. The van der Waals surface area contributed by atoms with Crippen LogP contribution in [0.1, 0.15) is 50.8 Å². The number of aromatic hydroxyl groups is 1. The molecule has 0 atom stereocenters. The first-order valence-corrected chi connectivity index (χ1v) is 8.41. The molecular formula is C20H21NO4. The van der Waals surface area contributed by atoms with E-state index in [0.29, 0.717) is 6.42 Å². The first-order valence-electron chi connectivity index (χ1n) is 8.41. The van der Waals surface area contributed by atoms with Crippen molar-refractivity contribution in [1.82, 2.24) is 0 Å². The zero-order chi connectivity index (χ0) is 18.1. The summed E-state index contributed by atoms with van der Waals surface area (Å²) in [7, 11) is 1.98. The number of carbonyl (C=O) groups is 2. The van der Waals surface area contributed by atoms with Crippen molar-refractivity contribution in [3.63, 3.8) is 0 Å². The molecule has 1 heterocycles. The normalized spacial score (nSPS) is 13.4. The molecule has 130 valence electrons. The fraction of sp³-hybridized carbons (Fsp3) is 0.300. The summed E-state index contributed by atoms with van der Waals surface area (Å²) in [5.41, 5.74) is 2.99. The van der Waals surface area contributed by atoms with Gasteiger partial charge >= 0.3 is 5.97 Å².